The zero-order valence-electron chi connectivity index (χ0n) is 15.6. The number of fused-ring (bicyclic) bond motifs is 1. The van der Waals surface area contributed by atoms with Gasteiger partial charge in [0.05, 0.1) is 16.8 Å². The average molecular weight is 493 g/mol. The van der Waals surface area contributed by atoms with E-state index in [1.165, 1.54) is 0 Å². The molecule has 6 nitrogen and oxygen atoms in total. The Labute approximate surface area is 177 Å². The number of para-hydroxylation sites is 1. The largest absolute Gasteiger partial charge is 0.490 e. The van der Waals surface area contributed by atoms with Crippen molar-refractivity contribution in [2.24, 2.45) is 0 Å². The van der Waals surface area contributed by atoms with Crippen molar-refractivity contribution in [3.05, 3.63) is 51.1 Å². The summed E-state index contributed by atoms with van der Waals surface area (Å²) in [5.74, 6) is 0.411. The average Bonchev–Trinajstić information content (AvgIpc) is 2.97. The van der Waals surface area contributed by atoms with Crippen LogP contribution in [-0.2, 0) is 14.3 Å². The summed E-state index contributed by atoms with van der Waals surface area (Å²) in [6.45, 7) is 4.16. The minimum atomic E-state index is -0.439. The molecule has 1 aliphatic rings. The van der Waals surface area contributed by atoms with Crippen LogP contribution in [0.15, 0.2) is 36.4 Å². The molecule has 0 radical (unpaired) electrons. The third-order valence-corrected chi connectivity index (χ3v) is 4.79. The monoisotopic (exact) mass is 493 g/mol. The van der Waals surface area contributed by atoms with E-state index in [1.54, 1.807) is 13.0 Å². The number of anilines is 1. The van der Waals surface area contributed by atoms with E-state index in [0.717, 1.165) is 20.4 Å². The maximum absolute atomic E-state index is 12.3. The molecular weight excluding hydrogens is 473 g/mol. The smallest absolute Gasteiger partial charge is 0.344 e. The molecule has 0 aromatic heterocycles. The zero-order chi connectivity index (χ0) is 20.1. The van der Waals surface area contributed by atoms with Gasteiger partial charge in [-0.15, -0.1) is 0 Å². The predicted molar refractivity (Wildman–Crippen MR) is 115 cm³/mol. The number of ether oxygens (including phenoxy) is 3. The number of hydrogen-bond acceptors (Lipinski definition) is 5. The highest BCUT2D eigenvalue weighted by Crippen LogP contribution is 2.37. The summed E-state index contributed by atoms with van der Waals surface area (Å²) in [6.07, 6.45) is 1.82. The Hall–Kier alpha value is -2.55. The van der Waals surface area contributed by atoms with Crippen LogP contribution in [0.1, 0.15) is 25.0 Å². The van der Waals surface area contributed by atoms with Crippen LogP contribution < -0.4 is 14.8 Å². The van der Waals surface area contributed by atoms with Gasteiger partial charge >= 0.3 is 5.97 Å². The van der Waals surface area contributed by atoms with Crippen LogP contribution in [0.4, 0.5) is 5.69 Å². The van der Waals surface area contributed by atoms with Gasteiger partial charge in [-0.3, -0.25) is 4.79 Å². The molecule has 1 N–H and O–H groups in total. The Balaban J connectivity index is 1.93. The summed E-state index contributed by atoms with van der Waals surface area (Å²) in [7, 11) is 0. The van der Waals surface area contributed by atoms with Gasteiger partial charge in [-0.25, -0.2) is 4.79 Å². The molecule has 28 heavy (non-hydrogen) atoms. The molecule has 1 aliphatic heterocycles. The second kappa shape index (κ2) is 9.09. The summed E-state index contributed by atoms with van der Waals surface area (Å²) < 4.78 is 17.0. The summed E-state index contributed by atoms with van der Waals surface area (Å²) >= 11 is 2.12. The molecule has 0 spiro atoms. The summed E-state index contributed by atoms with van der Waals surface area (Å²) in [5, 5.41) is 2.86. The van der Waals surface area contributed by atoms with Gasteiger partial charge in [0, 0.05) is 16.8 Å². The molecule has 0 bridgehead atoms. The van der Waals surface area contributed by atoms with E-state index < -0.39 is 5.97 Å². The molecule has 0 atom stereocenters. The van der Waals surface area contributed by atoms with Crippen molar-refractivity contribution in [3.63, 3.8) is 0 Å². The lowest BCUT2D eigenvalue weighted by Crippen LogP contribution is -2.15. The fourth-order valence-electron chi connectivity index (χ4n) is 2.86. The molecule has 1 amide bonds. The van der Waals surface area contributed by atoms with Gasteiger partial charge in [-0.2, -0.15) is 0 Å². The van der Waals surface area contributed by atoms with Crippen LogP contribution in [0.5, 0.6) is 11.5 Å². The van der Waals surface area contributed by atoms with Gasteiger partial charge in [-0.1, -0.05) is 18.2 Å². The standard InChI is InChI=1S/C21H20INO5/c1-3-26-18-11-13(10-16(22)20(18)28-12-19(24)27-4-2)9-15-14-7-5-6-8-17(14)23-21(15)25/h5-11H,3-4,12H2,1-2H3,(H,23,25)/b15-9-. The number of esters is 1. The number of hydrogen-bond donors (Lipinski definition) is 1. The zero-order valence-corrected chi connectivity index (χ0v) is 17.7. The fraction of sp³-hybridized carbons (Fsp3) is 0.238. The molecule has 0 fully saturated rings. The van der Waals surface area contributed by atoms with Gasteiger partial charge in [0.25, 0.3) is 5.91 Å². The number of halogens is 1. The van der Waals surface area contributed by atoms with Crippen molar-refractivity contribution in [3.8, 4) is 11.5 Å². The van der Waals surface area contributed by atoms with Crippen LogP contribution in [-0.4, -0.2) is 31.7 Å². The maximum Gasteiger partial charge on any atom is 0.344 e. The Morgan fingerprint density at radius 1 is 1.14 bits per heavy atom. The molecule has 1 heterocycles. The normalized spacial score (nSPS) is 13.8. The van der Waals surface area contributed by atoms with E-state index in [0.29, 0.717) is 30.3 Å². The Morgan fingerprint density at radius 2 is 1.93 bits per heavy atom. The number of benzene rings is 2. The molecule has 146 valence electrons. The Bertz CT molecular complexity index is 938. The van der Waals surface area contributed by atoms with Gasteiger partial charge in [-0.05, 0) is 66.3 Å². The quantitative estimate of drug-likeness (QED) is 0.357. The number of carbonyl (C=O) groups is 2. The van der Waals surface area contributed by atoms with E-state index in [2.05, 4.69) is 27.9 Å². The van der Waals surface area contributed by atoms with Gasteiger partial charge < -0.3 is 19.5 Å². The molecule has 3 rings (SSSR count). The molecule has 0 saturated carbocycles. The number of carbonyl (C=O) groups excluding carboxylic acids is 2. The fourth-order valence-corrected chi connectivity index (χ4v) is 3.64. The van der Waals surface area contributed by atoms with Gasteiger partial charge in [0.1, 0.15) is 0 Å². The highest BCUT2D eigenvalue weighted by atomic mass is 127. The molecule has 2 aromatic carbocycles. The second-order valence-electron chi connectivity index (χ2n) is 5.91. The number of amides is 1. The number of nitrogens with one attached hydrogen (secondary N) is 1. The highest BCUT2D eigenvalue weighted by molar-refractivity contribution is 14.1. The molecular formula is C21H20INO5. The SMILES string of the molecule is CCOC(=O)COc1c(I)cc(/C=C2\C(=O)Nc3ccccc32)cc1OCC. The van der Waals surface area contributed by atoms with Crippen molar-refractivity contribution in [2.75, 3.05) is 25.1 Å². The topological polar surface area (TPSA) is 73.9 Å². The first kappa shape index (κ1) is 20.2. The van der Waals surface area contributed by atoms with Gasteiger partial charge in [0.2, 0.25) is 0 Å². The minimum absolute atomic E-state index is 0.142. The van der Waals surface area contributed by atoms with Crippen molar-refractivity contribution in [1.29, 1.82) is 0 Å². The predicted octanol–water partition coefficient (Wildman–Crippen LogP) is 4.12. The second-order valence-corrected chi connectivity index (χ2v) is 7.08. The Kier molecular flexibility index (Phi) is 6.56. The van der Waals surface area contributed by atoms with Crippen LogP contribution in [0.3, 0.4) is 0 Å². The highest BCUT2D eigenvalue weighted by Gasteiger charge is 2.24. The molecule has 0 aliphatic carbocycles. The summed E-state index contributed by atoms with van der Waals surface area (Å²) in [4.78, 5) is 24.0. The molecule has 2 aromatic rings. The van der Waals surface area contributed by atoms with Crippen LogP contribution >= 0.6 is 22.6 Å². The van der Waals surface area contributed by atoms with Crippen molar-refractivity contribution < 1.29 is 23.8 Å². The molecule has 0 unspecified atom stereocenters. The molecule has 7 heteroatoms. The van der Waals surface area contributed by atoms with Crippen LogP contribution in [0.2, 0.25) is 0 Å². The lowest BCUT2D eigenvalue weighted by atomic mass is 10.0. The minimum Gasteiger partial charge on any atom is -0.490 e. The first-order valence-corrected chi connectivity index (χ1v) is 9.98. The number of rotatable bonds is 7. The Morgan fingerprint density at radius 3 is 2.68 bits per heavy atom. The third-order valence-electron chi connectivity index (χ3n) is 3.99. The van der Waals surface area contributed by atoms with E-state index >= 15 is 0 Å². The first-order chi connectivity index (χ1) is 13.5. The van der Waals surface area contributed by atoms with E-state index in [-0.39, 0.29) is 12.5 Å². The van der Waals surface area contributed by atoms with Crippen molar-refractivity contribution in [2.45, 2.75) is 13.8 Å². The van der Waals surface area contributed by atoms with Crippen molar-refractivity contribution >= 4 is 51.8 Å². The van der Waals surface area contributed by atoms with Gasteiger partial charge in [0.15, 0.2) is 18.1 Å². The summed E-state index contributed by atoms with van der Waals surface area (Å²) in [6, 6.07) is 11.2. The lowest BCUT2D eigenvalue weighted by molar-refractivity contribution is -0.145. The van der Waals surface area contributed by atoms with Crippen molar-refractivity contribution in [1.82, 2.24) is 0 Å². The first-order valence-electron chi connectivity index (χ1n) is 8.90. The van der Waals surface area contributed by atoms with Crippen LogP contribution in [0, 0.1) is 3.57 Å². The van der Waals surface area contributed by atoms with E-state index in [4.69, 9.17) is 14.2 Å². The molecule has 0 saturated heterocycles. The third kappa shape index (κ3) is 4.46. The van der Waals surface area contributed by atoms with E-state index in [1.807, 2.05) is 43.3 Å². The maximum atomic E-state index is 12.3. The summed E-state index contributed by atoms with van der Waals surface area (Å²) in [5.41, 5.74) is 3.06. The van der Waals surface area contributed by atoms with Crippen LogP contribution in [0.25, 0.3) is 11.6 Å². The van der Waals surface area contributed by atoms with E-state index in [9.17, 15) is 9.59 Å². The lowest BCUT2D eigenvalue weighted by Gasteiger charge is -2.14.